The minimum atomic E-state index is -2.11. The molecule has 27 heteroatoms. The van der Waals surface area contributed by atoms with Crippen molar-refractivity contribution in [3.05, 3.63) is 0 Å². The van der Waals surface area contributed by atoms with E-state index in [0.29, 0.717) is 19.4 Å². The van der Waals surface area contributed by atoms with Gasteiger partial charge >= 0.3 is 0 Å². The SMILES string of the molecule is NCCCCO[C@H]1OC(CO)[C@H](O[C@H]2OC(CO)[C@@H](O[C@@H]3OC(CO)[C@@H](O[C@@H]4OC(CO)[C@@H](O[C@H]5OC(CO)[C@H](O)C(O)C5O)C(O)[C@@H]4O)C(O)[C@@H]3O)C(O)C2O)C(O)C1O. The van der Waals surface area contributed by atoms with E-state index < -0.39 is 187 Å². The molecule has 5 aliphatic heterocycles. The number of unbranched alkanes of at least 4 members (excludes halogenated alkanes) is 1. The number of ether oxygens (including phenoxy) is 10. The van der Waals surface area contributed by atoms with E-state index in [4.69, 9.17) is 53.1 Å². The van der Waals surface area contributed by atoms with Crippen molar-refractivity contribution in [3.63, 3.8) is 0 Å². The Labute approximate surface area is 347 Å². The first-order chi connectivity index (χ1) is 29.1. The van der Waals surface area contributed by atoms with Crippen LogP contribution >= 0.6 is 0 Å². The van der Waals surface area contributed by atoms with E-state index in [-0.39, 0.29) is 6.61 Å². The lowest BCUT2D eigenvalue weighted by atomic mass is 9.95. The zero-order chi connectivity index (χ0) is 44.9. The Morgan fingerprint density at radius 3 is 0.918 bits per heavy atom. The van der Waals surface area contributed by atoms with E-state index >= 15 is 0 Å². The highest BCUT2D eigenvalue weighted by Gasteiger charge is 2.56. The number of rotatable bonds is 18. The fraction of sp³-hybridized carbons (Fsp3) is 1.00. The van der Waals surface area contributed by atoms with Gasteiger partial charge in [-0.1, -0.05) is 0 Å². The second-order valence-electron chi connectivity index (χ2n) is 15.3. The lowest BCUT2D eigenvalue weighted by Gasteiger charge is -2.49. The maximum Gasteiger partial charge on any atom is 0.187 e. The van der Waals surface area contributed by atoms with Crippen LogP contribution in [0.25, 0.3) is 0 Å². The van der Waals surface area contributed by atoms with Gasteiger partial charge < -0.3 is 135 Å². The lowest BCUT2D eigenvalue weighted by molar-refractivity contribution is -0.393. The lowest BCUT2D eigenvalue weighted by Crippen LogP contribution is -2.68. The third-order valence-corrected chi connectivity index (χ3v) is 11.2. The van der Waals surface area contributed by atoms with Gasteiger partial charge in [-0.25, -0.2) is 0 Å². The van der Waals surface area contributed by atoms with E-state index in [1.54, 1.807) is 0 Å². The van der Waals surface area contributed by atoms with Gasteiger partial charge in [0.2, 0.25) is 0 Å². The largest absolute Gasteiger partial charge is 0.394 e. The van der Waals surface area contributed by atoms with Gasteiger partial charge in [-0.3, -0.25) is 0 Å². The predicted octanol–water partition coefficient (Wildman–Crippen LogP) is -11.2. The third-order valence-electron chi connectivity index (χ3n) is 11.2. The van der Waals surface area contributed by atoms with Crippen molar-refractivity contribution in [1.29, 1.82) is 0 Å². The molecule has 25 atom stereocenters. The van der Waals surface area contributed by atoms with Crippen LogP contribution in [0.1, 0.15) is 12.8 Å². The van der Waals surface area contributed by atoms with E-state index in [9.17, 15) is 81.7 Å². The molecule has 358 valence electrons. The number of aliphatic hydroxyl groups excluding tert-OH is 16. The van der Waals surface area contributed by atoms with Crippen molar-refractivity contribution in [2.45, 2.75) is 166 Å². The molecule has 0 spiro atoms. The predicted molar refractivity (Wildman–Crippen MR) is 189 cm³/mol. The summed E-state index contributed by atoms with van der Waals surface area (Å²) in [6.45, 7) is -3.91. The van der Waals surface area contributed by atoms with Gasteiger partial charge in [0.1, 0.15) is 122 Å². The molecule has 0 bridgehead atoms. The molecule has 0 aromatic rings. The van der Waals surface area contributed by atoms with Crippen LogP contribution in [-0.2, 0) is 47.4 Å². The second-order valence-corrected chi connectivity index (χ2v) is 15.3. The summed E-state index contributed by atoms with van der Waals surface area (Å²) in [6, 6.07) is 0. The fourth-order valence-corrected chi connectivity index (χ4v) is 7.60. The van der Waals surface area contributed by atoms with Gasteiger partial charge in [0.25, 0.3) is 0 Å². The van der Waals surface area contributed by atoms with Crippen molar-refractivity contribution in [2.75, 3.05) is 46.2 Å². The summed E-state index contributed by atoms with van der Waals surface area (Å²) in [7, 11) is 0. The molecule has 0 aromatic carbocycles. The highest BCUT2D eigenvalue weighted by atomic mass is 16.8. The molecule has 5 aliphatic rings. The summed E-state index contributed by atoms with van der Waals surface area (Å²) < 4.78 is 55.6. The van der Waals surface area contributed by atoms with Crippen molar-refractivity contribution >= 4 is 0 Å². The second kappa shape index (κ2) is 22.9. The van der Waals surface area contributed by atoms with E-state index in [0.717, 1.165) is 0 Å². The molecule has 0 aliphatic carbocycles. The summed E-state index contributed by atoms with van der Waals surface area (Å²) in [5.74, 6) is 0. The Morgan fingerprint density at radius 1 is 0.328 bits per heavy atom. The molecule has 0 amide bonds. The first kappa shape index (κ1) is 50.9. The number of hydrogen-bond acceptors (Lipinski definition) is 27. The smallest absolute Gasteiger partial charge is 0.187 e. The number of hydrogen-bond donors (Lipinski definition) is 17. The minimum absolute atomic E-state index is 0.109. The highest BCUT2D eigenvalue weighted by Crippen LogP contribution is 2.35. The first-order valence-corrected chi connectivity index (χ1v) is 19.8. The summed E-state index contributed by atoms with van der Waals surface area (Å²) in [4.78, 5) is 0. The zero-order valence-electron chi connectivity index (χ0n) is 32.6. The Bertz CT molecular complexity index is 1290. The van der Waals surface area contributed by atoms with Crippen molar-refractivity contribution < 1.29 is 129 Å². The monoisotopic (exact) mass is 899 g/mol. The first-order valence-electron chi connectivity index (χ1n) is 19.8. The summed E-state index contributed by atoms with van der Waals surface area (Å²) in [6.07, 6.45) is -43.5. The van der Waals surface area contributed by atoms with Gasteiger partial charge in [0.05, 0.1) is 33.0 Å². The summed E-state index contributed by atoms with van der Waals surface area (Å²) in [5, 5.41) is 168. The summed E-state index contributed by atoms with van der Waals surface area (Å²) >= 11 is 0. The average molecular weight is 900 g/mol. The molecule has 5 rings (SSSR count). The Morgan fingerprint density at radius 2 is 0.607 bits per heavy atom. The third kappa shape index (κ3) is 11.1. The van der Waals surface area contributed by atoms with E-state index in [1.807, 2.05) is 0 Å². The molecule has 5 fully saturated rings. The van der Waals surface area contributed by atoms with Crippen LogP contribution in [0.3, 0.4) is 0 Å². The van der Waals surface area contributed by atoms with E-state index in [1.165, 1.54) is 0 Å². The molecule has 5 saturated heterocycles. The normalized spacial score (nSPS) is 49.8. The van der Waals surface area contributed by atoms with Gasteiger partial charge in [0.15, 0.2) is 31.5 Å². The van der Waals surface area contributed by atoms with Gasteiger partial charge in [-0.05, 0) is 19.4 Å². The van der Waals surface area contributed by atoms with Crippen LogP contribution in [-0.4, -0.2) is 281 Å². The maximum absolute atomic E-state index is 11.2. The van der Waals surface area contributed by atoms with Crippen molar-refractivity contribution in [2.24, 2.45) is 5.73 Å². The van der Waals surface area contributed by atoms with Crippen molar-refractivity contribution in [1.82, 2.24) is 0 Å². The molecule has 27 nitrogen and oxygen atoms in total. The van der Waals surface area contributed by atoms with Crippen LogP contribution in [0.5, 0.6) is 0 Å². The summed E-state index contributed by atoms with van der Waals surface area (Å²) in [5.41, 5.74) is 5.46. The molecular weight excluding hydrogens is 838 g/mol. The van der Waals surface area contributed by atoms with Crippen LogP contribution < -0.4 is 5.73 Å². The minimum Gasteiger partial charge on any atom is -0.394 e. The molecular formula is C34H61NO26. The molecule has 0 radical (unpaired) electrons. The molecule has 5 heterocycles. The van der Waals surface area contributed by atoms with Gasteiger partial charge in [-0.2, -0.15) is 0 Å². The average Bonchev–Trinajstić information content (AvgIpc) is 3.26. The highest BCUT2D eigenvalue weighted by molar-refractivity contribution is 4.99. The number of aliphatic hydroxyl groups is 16. The molecule has 0 saturated carbocycles. The molecule has 13 unspecified atom stereocenters. The Hall–Kier alpha value is -1.08. The van der Waals surface area contributed by atoms with Crippen LogP contribution in [0, 0.1) is 0 Å². The van der Waals surface area contributed by atoms with Crippen LogP contribution in [0.4, 0.5) is 0 Å². The molecule has 18 N–H and O–H groups in total. The molecule has 0 aromatic heterocycles. The van der Waals surface area contributed by atoms with Gasteiger partial charge in [0, 0.05) is 6.61 Å². The Balaban J connectivity index is 1.20. The zero-order valence-corrected chi connectivity index (χ0v) is 32.6. The molecule has 61 heavy (non-hydrogen) atoms. The Kier molecular flexibility index (Phi) is 19.1. The fourth-order valence-electron chi connectivity index (χ4n) is 7.60. The standard InChI is InChI=1S/C34H61NO26/c35-3-1-2-4-52-30-22(48)17(43)26(11(6-37)54-30)59-32-24(50)19(45)28(13(8-39)56-32)61-34-25(51)20(46)29(14(9-40)57-34)60-33-23(49)18(44)27(12(7-38)55-33)58-31-21(47)16(42)15(41)10(5-36)53-31/h10-34,36-51H,1-9,35H2/t10?,11?,12?,13?,14?,15-,16?,17?,18?,19?,20?,21?,22?,23-,24?,25-,26-,27+,28+,29+,30-,31+,32+,33-,34-/m0/s1. The maximum atomic E-state index is 11.2. The number of nitrogens with two attached hydrogens (primary N) is 1. The van der Waals surface area contributed by atoms with Crippen LogP contribution in [0.15, 0.2) is 0 Å². The van der Waals surface area contributed by atoms with Crippen molar-refractivity contribution in [3.8, 4) is 0 Å². The van der Waals surface area contributed by atoms with E-state index in [2.05, 4.69) is 0 Å². The quantitative estimate of drug-likeness (QED) is 0.0568. The topological polar surface area (TPSA) is 442 Å². The van der Waals surface area contributed by atoms with Crippen LogP contribution in [0.2, 0.25) is 0 Å². The van der Waals surface area contributed by atoms with Gasteiger partial charge in [-0.15, -0.1) is 0 Å².